The molecule has 1 fully saturated rings. The van der Waals surface area contributed by atoms with Gasteiger partial charge in [0.15, 0.2) is 5.78 Å². The third-order valence-corrected chi connectivity index (χ3v) is 7.09. The SMILES string of the molecule is CCc1ccc(NCC(=O)c2cccc(S(=O)(=O)N3CCCC(C)C3)c2)cc1. The van der Waals surface area contributed by atoms with Gasteiger partial charge in [-0.3, -0.25) is 4.79 Å². The zero-order valence-corrected chi connectivity index (χ0v) is 17.3. The van der Waals surface area contributed by atoms with Gasteiger partial charge in [0, 0.05) is 24.3 Å². The van der Waals surface area contributed by atoms with E-state index in [1.165, 1.54) is 15.9 Å². The van der Waals surface area contributed by atoms with Crippen molar-refractivity contribution in [2.45, 2.75) is 38.0 Å². The molecule has 1 aliphatic heterocycles. The molecule has 0 amide bonds. The summed E-state index contributed by atoms with van der Waals surface area (Å²) in [4.78, 5) is 12.8. The van der Waals surface area contributed by atoms with Gasteiger partial charge in [-0.1, -0.05) is 38.1 Å². The number of carbonyl (C=O) groups is 1. The first-order chi connectivity index (χ1) is 13.4. The van der Waals surface area contributed by atoms with Crippen LogP contribution in [0.1, 0.15) is 42.6 Å². The number of sulfonamides is 1. The molecule has 1 aliphatic rings. The van der Waals surface area contributed by atoms with E-state index < -0.39 is 10.0 Å². The van der Waals surface area contributed by atoms with Crippen molar-refractivity contribution in [3.05, 3.63) is 59.7 Å². The molecule has 1 heterocycles. The Bertz CT molecular complexity index is 923. The van der Waals surface area contributed by atoms with Gasteiger partial charge in [0.1, 0.15) is 0 Å². The number of Topliss-reactive ketones (excluding diaryl/α,β-unsaturated/α-hetero) is 1. The smallest absolute Gasteiger partial charge is 0.243 e. The van der Waals surface area contributed by atoms with Crippen LogP contribution in [0.5, 0.6) is 0 Å². The van der Waals surface area contributed by atoms with Crippen molar-refractivity contribution in [1.82, 2.24) is 4.31 Å². The maximum absolute atomic E-state index is 12.9. The standard InChI is InChI=1S/C22H28N2O3S/c1-3-18-9-11-20(12-10-18)23-15-22(25)19-7-4-8-21(14-19)28(26,27)24-13-5-6-17(2)16-24/h4,7-12,14,17,23H,3,5-6,13,15-16H2,1-2H3. The molecule has 1 unspecified atom stereocenters. The molecule has 0 aromatic heterocycles. The molecular formula is C22H28N2O3S. The Balaban J connectivity index is 1.70. The van der Waals surface area contributed by atoms with E-state index in [2.05, 4.69) is 19.2 Å². The van der Waals surface area contributed by atoms with Crippen molar-refractivity contribution >= 4 is 21.5 Å². The lowest BCUT2D eigenvalue weighted by Crippen LogP contribution is -2.39. The summed E-state index contributed by atoms with van der Waals surface area (Å²) in [6.07, 6.45) is 2.89. The number of benzene rings is 2. The van der Waals surface area contributed by atoms with Gasteiger partial charge in [-0.05, 0) is 55.0 Å². The molecule has 0 spiro atoms. The Kier molecular flexibility index (Phi) is 6.52. The molecule has 5 nitrogen and oxygen atoms in total. The lowest BCUT2D eigenvalue weighted by molar-refractivity contribution is 0.101. The van der Waals surface area contributed by atoms with Crippen LogP contribution in [-0.2, 0) is 16.4 Å². The van der Waals surface area contributed by atoms with Crippen molar-refractivity contribution < 1.29 is 13.2 Å². The van der Waals surface area contributed by atoms with Crippen LogP contribution in [-0.4, -0.2) is 38.1 Å². The lowest BCUT2D eigenvalue weighted by atomic mass is 10.0. The van der Waals surface area contributed by atoms with E-state index in [0.29, 0.717) is 24.6 Å². The summed E-state index contributed by atoms with van der Waals surface area (Å²) in [5.41, 5.74) is 2.52. The third-order valence-electron chi connectivity index (χ3n) is 5.23. The van der Waals surface area contributed by atoms with Crippen LogP contribution in [0.2, 0.25) is 0 Å². The van der Waals surface area contributed by atoms with Gasteiger partial charge < -0.3 is 5.32 Å². The first-order valence-corrected chi connectivity index (χ1v) is 11.3. The number of rotatable bonds is 7. The number of hydrogen-bond donors (Lipinski definition) is 1. The number of aryl methyl sites for hydroxylation is 1. The van der Waals surface area contributed by atoms with Gasteiger partial charge in [0.25, 0.3) is 0 Å². The molecular weight excluding hydrogens is 372 g/mol. The summed E-state index contributed by atoms with van der Waals surface area (Å²) in [6, 6.07) is 14.3. The van der Waals surface area contributed by atoms with Crippen molar-refractivity contribution in [3.63, 3.8) is 0 Å². The number of anilines is 1. The van der Waals surface area contributed by atoms with Crippen LogP contribution in [0.25, 0.3) is 0 Å². The Morgan fingerprint density at radius 1 is 1.18 bits per heavy atom. The molecule has 1 atom stereocenters. The van der Waals surface area contributed by atoms with E-state index in [-0.39, 0.29) is 17.2 Å². The average Bonchev–Trinajstić information content (AvgIpc) is 2.72. The second-order valence-electron chi connectivity index (χ2n) is 7.47. The molecule has 0 aliphatic carbocycles. The van der Waals surface area contributed by atoms with E-state index in [0.717, 1.165) is 24.9 Å². The maximum atomic E-state index is 12.9. The summed E-state index contributed by atoms with van der Waals surface area (Å²) in [6.45, 7) is 5.36. The van der Waals surface area contributed by atoms with E-state index in [9.17, 15) is 13.2 Å². The quantitative estimate of drug-likeness (QED) is 0.715. The minimum absolute atomic E-state index is 0.121. The van der Waals surface area contributed by atoms with Gasteiger partial charge in [-0.15, -0.1) is 0 Å². The third kappa shape index (κ3) is 4.80. The highest BCUT2D eigenvalue weighted by Crippen LogP contribution is 2.24. The molecule has 1 N–H and O–H groups in total. The molecule has 0 bridgehead atoms. The molecule has 0 radical (unpaired) electrons. The fourth-order valence-corrected chi connectivity index (χ4v) is 5.13. The fraction of sp³-hybridized carbons (Fsp3) is 0.409. The van der Waals surface area contributed by atoms with Gasteiger partial charge in [0.05, 0.1) is 11.4 Å². The van der Waals surface area contributed by atoms with Crippen LogP contribution >= 0.6 is 0 Å². The Morgan fingerprint density at radius 2 is 1.93 bits per heavy atom. The largest absolute Gasteiger partial charge is 0.378 e. The first-order valence-electron chi connectivity index (χ1n) is 9.86. The van der Waals surface area contributed by atoms with E-state index in [1.54, 1.807) is 18.2 Å². The Morgan fingerprint density at radius 3 is 2.61 bits per heavy atom. The lowest BCUT2D eigenvalue weighted by Gasteiger charge is -2.30. The highest BCUT2D eigenvalue weighted by atomic mass is 32.2. The van der Waals surface area contributed by atoms with Gasteiger partial charge >= 0.3 is 0 Å². The van der Waals surface area contributed by atoms with E-state index in [4.69, 9.17) is 0 Å². The van der Waals surface area contributed by atoms with Crippen LogP contribution < -0.4 is 5.32 Å². The topological polar surface area (TPSA) is 66.5 Å². The van der Waals surface area contributed by atoms with Gasteiger partial charge in [-0.2, -0.15) is 4.31 Å². The Labute approximate surface area is 167 Å². The minimum atomic E-state index is -3.57. The Hall–Kier alpha value is -2.18. The van der Waals surface area contributed by atoms with Gasteiger partial charge in [0.2, 0.25) is 10.0 Å². The van der Waals surface area contributed by atoms with Crippen molar-refractivity contribution in [2.24, 2.45) is 5.92 Å². The maximum Gasteiger partial charge on any atom is 0.243 e. The number of nitrogens with zero attached hydrogens (tertiary/aromatic N) is 1. The molecule has 2 aromatic carbocycles. The molecule has 3 rings (SSSR count). The second kappa shape index (κ2) is 8.88. The summed E-state index contributed by atoms with van der Waals surface area (Å²) in [7, 11) is -3.57. The molecule has 1 saturated heterocycles. The molecule has 28 heavy (non-hydrogen) atoms. The van der Waals surface area contributed by atoms with E-state index in [1.807, 2.05) is 24.3 Å². The number of ketones is 1. The van der Waals surface area contributed by atoms with Crippen molar-refractivity contribution in [1.29, 1.82) is 0 Å². The highest BCUT2D eigenvalue weighted by Gasteiger charge is 2.29. The molecule has 150 valence electrons. The summed E-state index contributed by atoms with van der Waals surface area (Å²) in [5.74, 6) is 0.222. The van der Waals surface area contributed by atoms with Crippen molar-refractivity contribution in [2.75, 3.05) is 25.0 Å². The second-order valence-corrected chi connectivity index (χ2v) is 9.40. The first kappa shape index (κ1) is 20.6. The normalized spacial score (nSPS) is 18.0. The minimum Gasteiger partial charge on any atom is -0.378 e. The highest BCUT2D eigenvalue weighted by molar-refractivity contribution is 7.89. The monoisotopic (exact) mass is 400 g/mol. The molecule has 2 aromatic rings. The number of hydrogen-bond acceptors (Lipinski definition) is 4. The predicted octanol–water partition coefficient (Wildman–Crippen LogP) is 3.96. The van der Waals surface area contributed by atoms with Crippen LogP contribution in [0.3, 0.4) is 0 Å². The summed E-state index contributed by atoms with van der Waals surface area (Å²) in [5, 5.41) is 3.11. The van der Waals surface area contributed by atoms with Crippen LogP contribution in [0.15, 0.2) is 53.4 Å². The zero-order chi connectivity index (χ0) is 20.1. The number of nitrogens with one attached hydrogen (secondary N) is 1. The van der Waals surface area contributed by atoms with Gasteiger partial charge in [-0.25, -0.2) is 8.42 Å². The van der Waals surface area contributed by atoms with Crippen LogP contribution in [0.4, 0.5) is 5.69 Å². The van der Waals surface area contributed by atoms with Crippen LogP contribution in [0, 0.1) is 5.92 Å². The molecule has 0 saturated carbocycles. The summed E-state index contributed by atoms with van der Waals surface area (Å²) < 4.78 is 27.4. The zero-order valence-electron chi connectivity index (χ0n) is 16.5. The fourth-order valence-electron chi connectivity index (χ4n) is 3.49. The van der Waals surface area contributed by atoms with Crippen molar-refractivity contribution in [3.8, 4) is 0 Å². The number of piperidine rings is 1. The molecule has 6 heteroatoms. The van der Waals surface area contributed by atoms with E-state index >= 15 is 0 Å². The number of carbonyl (C=O) groups excluding carboxylic acids is 1. The predicted molar refractivity (Wildman–Crippen MR) is 112 cm³/mol. The average molecular weight is 401 g/mol. The summed E-state index contributed by atoms with van der Waals surface area (Å²) >= 11 is 0.